The van der Waals surface area contributed by atoms with Gasteiger partial charge < -0.3 is 18.9 Å². The zero-order valence-corrected chi connectivity index (χ0v) is 10.4. The first-order chi connectivity index (χ1) is 5.38. The number of halogens is 1. The molecule has 0 atom stereocenters. The van der Waals surface area contributed by atoms with Crippen LogP contribution in [0.3, 0.4) is 0 Å². The van der Waals surface area contributed by atoms with Gasteiger partial charge in [-0.2, -0.15) is 0 Å². The number of benzene rings is 1. The summed E-state index contributed by atoms with van der Waals surface area (Å²) in [4.78, 5) is 0. The van der Waals surface area contributed by atoms with E-state index < -0.39 is 0 Å². The molecule has 0 aliphatic heterocycles. The zero-order valence-electron chi connectivity index (χ0n) is 6.81. The molecule has 0 saturated carbocycles. The van der Waals surface area contributed by atoms with Crippen molar-refractivity contribution in [2.24, 2.45) is 0 Å². The molecule has 0 aliphatic rings. The molecule has 11 heavy (non-hydrogen) atoms. The van der Waals surface area contributed by atoms with Gasteiger partial charge >= 0.3 is 16.5 Å². The van der Waals surface area contributed by atoms with Crippen molar-refractivity contribution in [2.75, 3.05) is 0 Å². The van der Waals surface area contributed by atoms with Crippen LogP contribution < -0.4 is 0 Å². The topological polar surface area (TPSA) is 0 Å². The van der Waals surface area contributed by atoms with E-state index in [1.54, 1.807) is 5.56 Å². The van der Waals surface area contributed by atoms with Crippen LogP contribution in [0.15, 0.2) is 24.3 Å². The Morgan fingerprint density at radius 3 is 2.45 bits per heavy atom. The molecule has 0 aromatic heterocycles. The van der Waals surface area contributed by atoms with Crippen molar-refractivity contribution in [3.8, 4) is 0 Å². The Balaban J connectivity index is 2.83. The Morgan fingerprint density at radius 2 is 1.91 bits per heavy atom. The van der Waals surface area contributed by atoms with E-state index in [2.05, 4.69) is 50.0 Å². The van der Waals surface area contributed by atoms with Gasteiger partial charge in [0.25, 0.3) is 0 Å². The van der Waals surface area contributed by atoms with Crippen LogP contribution in [0.1, 0.15) is 18.1 Å². The molecule has 1 rings (SSSR count). The smallest absolute Gasteiger partial charge is 0.301 e. The lowest BCUT2D eigenvalue weighted by molar-refractivity contribution is 1.10. The van der Waals surface area contributed by atoms with Gasteiger partial charge in [0.15, 0.2) is 0 Å². The monoisotopic (exact) mass is 270 g/mol. The molecule has 0 nitrogen and oxygen atoms in total. The van der Waals surface area contributed by atoms with E-state index >= 15 is 0 Å². The van der Waals surface area contributed by atoms with Crippen molar-refractivity contribution in [2.45, 2.75) is 17.9 Å². The van der Waals surface area contributed by atoms with Gasteiger partial charge in [0.05, 0.1) is 0 Å². The third kappa shape index (κ3) is 2.91. The summed E-state index contributed by atoms with van der Waals surface area (Å²) in [6.07, 6.45) is 1.18. The van der Waals surface area contributed by atoms with Crippen LogP contribution in [-0.2, 0) is 11.0 Å². The Morgan fingerprint density at radius 1 is 1.27 bits per heavy atom. The van der Waals surface area contributed by atoms with Crippen LogP contribution in [0, 0.1) is 0 Å². The number of hydrogen-bond donors (Lipinski definition) is 0. The summed E-state index contributed by atoms with van der Waals surface area (Å²) >= 11 is 2.72. The first-order valence-electron chi connectivity index (χ1n) is 4.01. The van der Waals surface area contributed by atoms with Crippen LogP contribution in [-0.4, -0.2) is 16.5 Å². The summed E-state index contributed by atoms with van der Waals surface area (Å²) < 4.78 is 1.35. The summed E-state index contributed by atoms with van der Waals surface area (Å²) in [5.41, 5.74) is 3.12. The van der Waals surface area contributed by atoms with Crippen molar-refractivity contribution >= 4 is 35.3 Å². The highest BCUT2D eigenvalue weighted by Crippen LogP contribution is 2.09. The van der Waals surface area contributed by atoms with Gasteiger partial charge in [0, 0.05) is 0 Å². The van der Waals surface area contributed by atoms with E-state index in [-0.39, 0.29) is 16.5 Å². The predicted octanol–water partition coefficient (Wildman–Crippen LogP) is 2.80. The van der Waals surface area contributed by atoms with Crippen LogP contribution in [0.25, 0.3) is 0 Å². The maximum Gasteiger partial charge on any atom is 0.468 e. The molecule has 1 aromatic rings. The molecule has 0 heterocycles. The second-order valence-corrected chi connectivity index (χ2v) is 6.68. The van der Waals surface area contributed by atoms with Gasteiger partial charge in [-0.3, -0.25) is 0 Å². The first kappa shape index (κ1) is 9.80. The molecular weight excluding hydrogens is 259 g/mol. The lowest BCUT2D eigenvalue weighted by Crippen LogP contribution is -1.94. The molecular formula is C9H11IMg. The molecule has 0 radical (unpaired) electrons. The average Bonchev–Trinajstić information content (AvgIpc) is 2.06. The van der Waals surface area contributed by atoms with E-state index in [0.717, 1.165) is 0 Å². The van der Waals surface area contributed by atoms with Crippen LogP contribution in [0.4, 0.5) is 0 Å². The number of aryl methyl sites for hydroxylation is 1. The van der Waals surface area contributed by atoms with Crippen molar-refractivity contribution < 1.29 is 0 Å². The molecule has 0 unspecified atom stereocenters. The summed E-state index contributed by atoms with van der Waals surface area (Å²) in [5, 5.41) is 0. The molecule has 2 heteroatoms. The van der Waals surface area contributed by atoms with Crippen molar-refractivity contribution in [1.29, 1.82) is 0 Å². The summed E-state index contributed by atoms with van der Waals surface area (Å²) in [6.45, 7) is 2.23. The van der Waals surface area contributed by atoms with Crippen LogP contribution in [0.2, 0.25) is 0 Å². The fraction of sp³-hybridized carbons (Fsp3) is 0.333. The van der Waals surface area contributed by atoms with E-state index in [1.807, 2.05) is 0 Å². The molecule has 0 amide bonds. The van der Waals surface area contributed by atoms with Gasteiger partial charge in [-0.05, 0) is 12.0 Å². The Kier molecular flexibility index (Phi) is 4.79. The van der Waals surface area contributed by atoms with Gasteiger partial charge in [0.1, 0.15) is 0 Å². The molecule has 0 aliphatic carbocycles. The van der Waals surface area contributed by atoms with Crippen LogP contribution >= 0.6 is 18.9 Å². The molecule has 0 bridgehead atoms. The standard InChI is InChI=1S/C9H11.HI.Mg/c1-3-9-7-5-4-6-8(9)2;;/h4-7H,2-3H2,1H3;1H;/q;;+1/p-1. The van der Waals surface area contributed by atoms with Gasteiger partial charge in [-0.15, -0.1) is 4.55 Å². The Bertz CT molecular complexity index is 223. The minimum atomic E-state index is 0.155. The van der Waals surface area contributed by atoms with Gasteiger partial charge in [-0.25, -0.2) is 0 Å². The molecule has 56 valence electrons. The first-order valence-corrected chi connectivity index (χ1v) is 10.1. The highest BCUT2D eigenvalue weighted by Gasteiger charge is 1.98. The molecule has 1 aromatic carbocycles. The molecule has 0 N–H and O–H groups in total. The predicted molar refractivity (Wildman–Crippen MR) is 59.3 cm³/mol. The highest BCUT2D eigenvalue weighted by atomic mass is 127. The third-order valence-corrected chi connectivity index (χ3v) is 4.21. The van der Waals surface area contributed by atoms with Crippen molar-refractivity contribution in [3.05, 3.63) is 35.4 Å². The maximum absolute atomic E-state index is 2.56. The lowest BCUT2D eigenvalue weighted by Gasteiger charge is -2.04. The quantitative estimate of drug-likeness (QED) is 0.585. The number of hydrogen-bond acceptors (Lipinski definition) is 0. The summed E-state index contributed by atoms with van der Waals surface area (Å²) in [5.74, 6) is 0. The van der Waals surface area contributed by atoms with Crippen molar-refractivity contribution in [3.63, 3.8) is 0 Å². The van der Waals surface area contributed by atoms with Crippen molar-refractivity contribution in [1.82, 2.24) is 0 Å². The second kappa shape index (κ2) is 5.38. The molecule has 0 fully saturated rings. The lowest BCUT2D eigenvalue weighted by atomic mass is 10.1. The van der Waals surface area contributed by atoms with Gasteiger partial charge in [-0.1, -0.05) is 36.8 Å². The van der Waals surface area contributed by atoms with Gasteiger partial charge in [0.2, 0.25) is 0 Å². The average molecular weight is 270 g/mol. The summed E-state index contributed by atoms with van der Waals surface area (Å²) in [6, 6.07) is 8.80. The second-order valence-electron chi connectivity index (χ2n) is 2.56. The highest BCUT2D eigenvalue weighted by molar-refractivity contribution is 14.1. The third-order valence-electron chi connectivity index (χ3n) is 1.86. The van der Waals surface area contributed by atoms with E-state index in [4.69, 9.17) is 0 Å². The normalized spacial score (nSPS) is 9.27. The fourth-order valence-electron chi connectivity index (χ4n) is 1.25. The van der Waals surface area contributed by atoms with E-state index in [0.29, 0.717) is 0 Å². The number of rotatable bonds is 3. The maximum atomic E-state index is 2.56. The van der Waals surface area contributed by atoms with E-state index in [9.17, 15) is 0 Å². The Hall–Kier alpha value is 0.716. The zero-order chi connectivity index (χ0) is 8.10. The SMILES string of the molecule is CCc1ccccc1[CH2][Mg][I]. The van der Waals surface area contributed by atoms with Crippen LogP contribution in [0.5, 0.6) is 0 Å². The minimum absolute atomic E-state index is 0.155. The largest absolute Gasteiger partial charge is 0.468 e. The Labute approximate surface area is 87.9 Å². The fourth-order valence-corrected chi connectivity index (χ4v) is 3.68. The minimum Gasteiger partial charge on any atom is -0.301 e. The molecule has 0 spiro atoms. The summed E-state index contributed by atoms with van der Waals surface area (Å²) in [7, 11) is 0. The van der Waals surface area contributed by atoms with E-state index in [1.165, 1.54) is 16.5 Å². The molecule has 0 saturated heterocycles.